The first-order chi connectivity index (χ1) is 40.5. The van der Waals surface area contributed by atoms with Crippen molar-refractivity contribution in [3.8, 4) is 0 Å². The van der Waals surface area contributed by atoms with Crippen LogP contribution in [0.3, 0.4) is 0 Å². The van der Waals surface area contributed by atoms with Crippen LogP contribution in [0.25, 0.3) is 0 Å². The lowest BCUT2D eigenvalue weighted by atomic mass is 10.1. The highest BCUT2D eigenvalue weighted by molar-refractivity contribution is 5.71. The van der Waals surface area contributed by atoms with Crippen LogP contribution in [0.1, 0.15) is 323 Å². The highest BCUT2D eigenvalue weighted by Gasteiger charge is 2.19. The van der Waals surface area contributed by atoms with Gasteiger partial charge in [0, 0.05) is 19.3 Å². The first kappa shape index (κ1) is 77.8. The van der Waals surface area contributed by atoms with E-state index in [9.17, 15) is 14.4 Å². The van der Waals surface area contributed by atoms with E-state index in [0.29, 0.717) is 19.3 Å². The summed E-state index contributed by atoms with van der Waals surface area (Å²) >= 11 is 0. The average molecular weight is 1140 g/mol. The normalized spacial score (nSPS) is 12.9. The molecule has 0 aromatic carbocycles. The van der Waals surface area contributed by atoms with Crippen molar-refractivity contribution in [3.63, 3.8) is 0 Å². The van der Waals surface area contributed by atoms with Crippen LogP contribution in [0.2, 0.25) is 0 Å². The average Bonchev–Trinajstić information content (AvgIpc) is 3.47. The molecule has 6 nitrogen and oxygen atoms in total. The summed E-state index contributed by atoms with van der Waals surface area (Å²) in [5, 5.41) is 0. The van der Waals surface area contributed by atoms with Gasteiger partial charge in [-0.25, -0.2) is 0 Å². The lowest BCUT2D eigenvalue weighted by molar-refractivity contribution is -0.167. The number of esters is 3. The van der Waals surface area contributed by atoms with Crippen molar-refractivity contribution in [2.45, 2.75) is 329 Å². The molecule has 0 aliphatic heterocycles. The summed E-state index contributed by atoms with van der Waals surface area (Å²) < 4.78 is 17.0. The Bertz CT molecular complexity index is 1690. The quantitative estimate of drug-likeness (QED) is 0.0261. The van der Waals surface area contributed by atoms with Crippen molar-refractivity contribution < 1.29 is 28.6 Å². The van der Waals surface area contributed by atoms with E-state index in [1.165, 1.54) is 154 Å². The van der Waals surface area contributed by atoms with Crippen molar-refractivity contribution in [1.82, 2.24) is 0 Å². The number of allylic oxidation sites excluding steroid dienone is 20. The molecule has 0 aliphatic rings. The van der Waals surface area contributed by atoms with Crippen LogP contribution in [0.4, 0.5) is 0 Å². The zero-order valence-electron chi connectivity index (χ0n) is 53.7. The van der Waals surface area contributed by atoms with Gasteiger partial charge in [-0.2, -0.15) is 0 Å². The molecule has 0 aromatic rings. The molecule has 0 bridgehead atoms. The topological polar surface area (TPSA) is 78.9 Å². The molecule has 0 radical (unpaired) electrons. The maximum absolute atomic E-state index is 12.9. The van der Waals surface area contributed by atoms with Gasteiger partial charge >= 0.3 is 17.9 Å². The minimum absolute atomic E-state index is 0.0893. The van der Waals surface area contributed by atoms with Crippen LogP contribution in [0.5, 0.6) is 0 Å². The summed E-state index contributed by atoms with van der Waals surface area (Å²) in [5.41, 5.74) is 0. The third-order valence-electron chi connectivity index (χ3n) is 14.7. The monoisotopic (exact) mass is 1140 g/mol. The van der Waals surface area contributed by atoms with Crippen molar-refractivity contribution in [2.75, 3.05) is 13.2 Å². The lowest BCUT2D eigenvalue weighted by Crippen LogP contribution is -2.30. The molecule has 0 saturated carbocycles. The fourth-order valence-corrected chi connectivity index (χ4v) is 9.51. The van der Waals surface area contributed by atoms with Crippen LogP contribution in [0.15, 0.2) is 122 Å². The second-order valence-corrected chi connectivity index (χ2v) is 22.7. The molecule has 82 heavy (non-hydrogen) atoms. The molecular formula is C76H128O6. The number of ether oxygens (including phenoxy) is 3. The smallest absolute Gasteiger partial charge is 0.306 e. The van der Waals surface area contributed by atoms with Crippen molar-refractivity contribution in [1.29, 1.82) is 0 Å². The molecule has 0 N–H and O–H groups in total. The fraction of sp³-hybridized carbons (Fsp3) is 0.697. The van der Waals surface area contributed by atoms with Gasteiger partial charge in [0.05, 0.1) is 0 Å². The minimum Gasteiger partial charge on any atom is -0.462 e. The Kier molecular flexibility index (Phi) is 65.8. The molecular weight excluding hydrogens is 1010 g/mol. The van der Waals surface area contributed by atoms with Gasteiger partial charge < -0.3 is 14.2 Å². The molecule has 0 aliphatic carbocycles. The van der Waals surface area contributed by atoms with Crippen molar-refractivity contribution in [2.24, 2.45) is 0 Å². The number of hydrogen-bond acceptors (Lipinski definition) is 6. The molecule has 0 saturated heterocycles. The Morgan fingerprint density at radius 3 is 0.780 bits per heavy atom. The third-order valence-corrected chi connectivity index (χ3v) is 14.7. The van der Waals surface area contributed by atoms with E-state index in [1.807, 2.05) is 0 Å². The van der Waals surface area contributed by atoms with E-state index in [4.69, 9.17) is 14.2 Å². The largest absolute Gasteiger partial charge is 0.462 e. The zero-order valence-corrected chi connectivity index (χ0v) is 53.7. The molecule has 6 heteroatoms. The van der Waals surface area contributed by atoms with Gasteiger partial charge in [-0.1, -0.05) is 290 Å². The summed E-state index contributed by atoms with van der Waals surface area (Å²) in [4.78, 5) is 38.4. The highest BCUT2D eigenvalue weighted by Crippen LogP contribution is 2.16. The first-order valence-corrected chi connectivity index (χ1v) is 34.5. The van der Waals surface area contributed by atoms with Gasteiger partial charge in [0.25, 0.3) is 0 Å². The maximum Gasteiger partial charge on any atom is 0.306 e. The fourth-order valence-electron chi connectivity index (χ4n) is 9.51. The summed E-state index contributed by atoms with van der Waals surface area (Å²) in [6.45, 7) is 6.50. The van der Waals surface area contributed by atoms with Crippen LogP contribution in [-0.4, -0.2) is 37.2 Å². The Morgan fingerprint density at radius 2 is 0.476 bits per heavy atom. The van der Waals surface area contributed by atoms with Gasteiger partial charge in [0.15, 0.2) is 6.10 Å². The van der Waals surface area contributed by atoms with E-state index in [-0.39, 0.29) is 31.1 Å². The second kappa shape index (κ2) is 69.3. The predicted octanol–water partition coefficient (Wildman–Crippen LogP) is 23.9. The van der Waals surface area contributed by atoms with Gasteiger partial charge in [-0.3, -0.25) is 14.4 Å². The van der Waals surface area contributed by atoms with Crippen molar-refractivity contribution in [3.05, 3.63) is 122 Å². The molecule has 0 aromatic heterocycles. The number of carbonyl (C=O) groups is 3. The van der Waals surface area contributed by atoms with E-state index < -0.39 is 6.10 Å². The Balaban J connectivity index is 4.37. The SMILES string of the molecule is CC/C=C\C/C=C\C/C=C\C/C=C\C/C=C\C/C=C\CCCCCCCCCCCCC(=O)OCC(COC(=O)CCCCCCC/C=C\CCCCCCCCC)OC(=O)CCCCCCCC/C=C\C/C=C\C/C=C\CCCCC. The summed E-state index contributed by atoms with van der Waals surface area (Å²) in [6, 6.07) is 0. The van der Waals surface area contributed by atoms with Crippen LogP contribution >= 0.6 is 0 Å². The van der Waals surface area contributed by atoms with Crippen LogP contribution < -0.4 is 0 Å². The lowest BCUT2D eigenvalue weighted by Gasteiger charge is -2.18. The summed E-state index contributed by atoms with van der Waals surface area (Å²) in [7, 11) is 0. The van der Waals surface area contributed by atoms with Crippen LogP contribution in [0, 0.1) is 0 Å². The summed E-state index contributed by atoms with van der Waals surface area (Å²) in [6.07, 6.45) is 96.3. The maximum atomic E-state index is 12.9. The van der Waals surface area contributed by atoms with E-state index in [2.05, 4.69) is 142 Å². The van der Waals surface area contributed by atoms with Crippen molar-refractivity contribution >= 4 is 17.9 Å². The Hall–Kier alpha value is -4.19. The standard InChI is InChI=1S/C76H128O6/c1-4-7-10-13-16-19-22-25-28-31-33-34-35-36-37-38-39-40-41-42-44-45-48-51-54-57-60-63-66-69-75(78)81-72-73(71-80-74(77)68-65-62-59-56-53-50-47-30-27-24-21-18-15-12-9-6-3)82-76(79)70-67-64-61-58-55-52-49-46-43-32-29-26-23-20-17-14-11-8-5-2/h7,10,16-17,19-20,25-26,28-30,33-34,36-37,39-40,43,46-47,73H,4-6,8-9,11-15,18,21-24,27,31-32,35,38,41-42,44-45,48-72H2,1-3H3/b10-7-,19-16-,20-17-,28-25-,29-26-,34-33-,37-36-,40-39-,46-43-,47-30-. The number of unbranched alkanes of at least 4 members (excludes halogenated alkanes) is 31. The predicted molar refractivity (Wildman–Crippen MR) is 357 cm³/mol. The molecule has 0 spiro atoms. The minimum atomic E-state index is -0.795. The van der Waals surface area contributed by atoms with Gasteiger partial charge in [0.2, 0.25) is 0 Å². The number of carbonyl (C=O) groups excluding carboxylic acids is 3. The van der Waals surface area contributed by atoms with Crippen LogP contribution in [-0.2, 0) is 28.6 Å². The third kappa shape index (κ3) is 66.6. The van der Waals surface area contributed by atoms with Gasteiger partial charge in [-0.15, -0.1) is 0 Å². The number of rotatable bonds is 62. The molecule has 468 valence electrons. The molecule has 1 atom stereocenters. The first-order valence-electron chi connectivity index (χ1n) is 34.5. The molecule has 0 amide bonds. The number of hydrogen-bond donors (Lipinski definition) is 0. The Labute approximate surface area is 507 Å². The van der Waals surface area contributed by atoms with E-state index >= 15 is 0 Å². The molecule has 0 heterocycles. The second-order valence-electron chi connectivity index (χ2n) is 22.7. The summed E-state index contributed by atoms with van der Waals surface area (Å²) in [5.74, 6) is -0.905. The zero-order chi connectivity index (χ0) is 59.2. The molecule has 0 rings (SSSR count). The van der Waals surface area contributed by atoms with E-state index in [0.717, 1.165) is 128 Å². The van der Waals surface area contributed by atoms with E-state index in [1.54, 1.807) is 0 Å². The highest BCUT2D eigenvalue weighted by atomic mass is 16.6. The molecule has 1 unspecified atom stereocenters. The molecule has 0 fully saturated rings. The van der Waals surface area contributed by atoms with Gasteiger partial charge in [0.1, 0.15) is 13.2 Å². The Morgan fingerprint density at radius 1 is 0.256 bits per heavy atom. The van der Waals surface area contributed by atoms with Gasteiger partial charge in [-0.05, 0) is 135 Å².